The van der Waals surface area contributed by atoms with Gasteiger partial charge in [-0.15, -0.1) is 0 Å². The molecule has 4 nitrogen and oxygen atoms in total. The Morgan fingerprint density at radius 1 is 1.04 bits per heavy atom. The topological polar surface area (TPSA) is 49.4 Å². The average Bonchev–Trinajstić information content (AvgIpc) is 2.54. The van der Waals surface area contributed by atoms with Crippen LogP contribution in [0.25, 0.3) is 0 Å². The van der Waals surface area contributed by atoms with Crippen molar-refractivity contribution >= 4 is 27.3 Å². The van der Waals surface area contributed by atoms with Gasteiger partial charge in [0.15, 0.2) is 0 Å². The van der Waals surface area contributed by atoms with Gasteiger partial charge >= 0.3 is 0 Å². The van der Waals surface area contributed by atoms with Gasteiger partial charge in [-0.25, -0.2) is 13.1 Å². The number of nitrogens with one attached hydrogen (secondary N) is 1. The van der Waals surface area contributed by atoms with Gasteiger partial charge in [0.05, 0.1) is 5.75 Å². The van der Waals surface area contributed by atoms with Crippen molar-refractivity contribution in [3.63, 3.8) is 0 Å². The number of aryl methyl sites for hydroxylation is 1. The van der Waals surface area contributed by atoms with E-state index in [9.17, 15) is 8.42 Å². The van der Waals surface area contributed by atoms with E-state index < -0.39 is 10.0 Å². The van der Waals surface area contributed by atoms with Crippen LogP contribution < -0.4 is 9.62 Å². The summed E-state index contributed by atoms with van der Waals surface area (Å²) in [5.74, 6) is 0.0989. The molecule has 0 atom stereocenters. The number of halogens is 1. The van der Waals surface area contributed by atoms with Gasteiger partial charge in [0.1, 0.15) is 0 Å². The average molecular weight is 353 g/mol. The third-order valence-electron chi connectivity index (χ3n) is 3.54. The summed E-state index contributed by atoms with van der Waals surface area (Å²) in [6.45, 7) is 0.961. The van der Waals surface area contributed by atoms with Crippen LogP contribution in [0.2, 0.25) is 5.02 Å². The van der Waals surface area contributed by atoms with E-state index in [2.05, 4.69) is 4.72 Å². The first-order chi connectivity index (χ1) is 11.0. The molecule has 2 aromatic carbocycles. The molecule has 6 heteroatoms. The van der Waals surface area contributed by atoms with Crippen LogP contribution in [0.3, 0.4) is 0 Å². The first-order valence-electron chi connectivity index (χ1n) is 7.44. The molecular weight excluding hydrogens is 332 g/mol. The third kappa shape index (κ3) is 6.22. The second kappa shape index (κ2) is 8.34. The summed E-state index contributed by atoms with van der Waals surface area (Å²) in [4.78, 5) is 1.98. The van der Waals surface area contributed by atoms with Gasteiger partial charge in [0.25, 0.3) is 0 Å². The zero-order chi connectivity index (χ0) is 16.7. The Morgan fingerprint density at radius 3 is 2.35 bits per heavy atom. The van der Waals surface area contributed by atoms with Crippen LogP contribution in [-0.4, -0.2) is 34.3 Å². The summed E-state index contributed by atoms with van der Waals surface area (Å²) in [5, 5.41) is 0.684. The van der Waals surface area contributed by atoms with Gasteiger partial charge < -0.3 is 4.90 Å². The van der Waals surface area contributed by atoms with E-state index in [1.165, 1.54) is 0 Å². The zero-order valence-electron chi connectivity index (χ0n) is 13.1. The molecule has 0 amide bonds. The fourth-order valence-corrected chi connectivity index (χ4v) is 3.34. The maximum absolute atomic E-state index is 12.0. The minimum absolute atomic E-state index is 0.0989. The lowest BCUT2D eigenvalue weighted by Crippen LogP contribution is -2.34. The molecular formula is C17H21ClN2O2S. The standard InChI is InChI=1S/C17H21ClN2O2S/c1-20(17-9-7-16(18)8-10-17)13-12-19-23(21,22)14-11-15-5-3-2-4-6-15/h2-10,19H,11-14H2,1H3. The van der Waals surface area contributed by atoms with E-state index in [0.717, 1.165) is 11.3 Å². The second-order valence-electron chi connectivity index (χ2n) is 5.35. The molecule has 0 radical (unpaired) electrons. The van der Waals surface area contributed by atoms with Gasteiger partial charge in [-0.05, 0) is 36.2 Å². The van der Waals surface area contributed by atoms with Crippen molar-refractivity contribution in [2.24, 2.45) is 0 Å². The Bertz CT molecular complexity index is 703. The normalized spacial score (nSPS) is 11.4. The van der Waals surface area contributed by atoms with E-state index >= 15 is 0 Å². The summed E-state index contributed by atoms with van der Waals surface area (Å²) in [6.07, 6.45) is 0.517. The van der Waals surface area contributed by atoms with Crippen molar-refractivity contribution in [1.29, 1.82) is 0 Å². The summed E-state index contributed by atoms with van der Waals surface area (Å²) >= 11 is 5.86. The van der Waals surface area contributed by atoms with E-state index in [1.54, 1.807) is 0 Å². The number of likely N-dealkylation sites (N-methyl/N-ethyl adjacent to an activating group) is 1. The summed E-state index contributed by atoms with van der Waals surface area (Å²) in [6, 6.07) is 17.1. The summed E-state index contributed by atoms with van der Waals surface area (Å²) < 4.78 is 26.7. The lowest BCUT2D eigenvalue weighted by molar-refractivity contribution is 0.581. The number of anilines is 1. The van der Waals surface area contributed by atoms with Crippen molar-refractivity contribution in [1.82, 2.24) is 4.72 Å². The fraction of sp³-hybridized carbons (Fsp3) is 0.294. The molecule has 0 aliphatic rings. The second-order valence-corrected chi connectivity index (χ2v) is 7.71. The van der Waals surface area contributed by atoms with E-state index in [-0.39, 0.29) is 5.75 Å². The number of benzene rings is 2. The Hall–Kier alpha value is -1.56. The van der Waals surface area contributed by atoms with E-state index in [0.29, 0.717) is 24.5 Å². The molecule has 2 rings (SSSR count). The summed E-state index contributed by atoms with van der Waals surface area (Å²) in [7, 11) is -1.34. The molecule has 2 aromatic rings. The highest BCUT2D eigenvalue weighted by Gasteiger charge is 2.10. The quantitative estimate of drug-likeness (QED) is 0.794. The third-order valence-corrected chi connectivity index (χ3v) is 5.18. The molecule has 23 heavy (non-hydrogen) atoms. The molecule has 0 saturated heterocycles. The fourth-order valence-electron chi connectivity index (χ4n) is 2.16. The van der Waals surface area contributed by atoms with E-state index in [4.69, 9.17) is 11.6 Å². The molecule has 0 heterocycles. The van der Waals surface area contributed by atoms with Crippen LogP contribution in [0.4, 0.5) is 5.69 Å². The van der Waals surface area contributed by atoms with Crippen molar-refractivity contribution in [2.45, 2.75) is 6.42 Å². The molecule has 0 aromatic heterocycles. The SMILES string of the molecule is CN(CCNS(=O)(=O)CCc1ccccc1)c1ccc(Cl)cc1. The van der Waals surface area contributed by atoms with Crippen LogP contribution in [0.5, 0.6) is 0 Å². The van der Waals surface area contributed by atoms with Gasteiger partial charge in [-0.1, -0.05) is 41.9 Å². The van der Waals surface area contributed by atoms with E-state index in [1.807, 2.05) is 66.5 Å². The minimum atomic E-state index is -3.26. The van der Waals surface area contributed by atoms with Crippen molar-refractivity contribution < 1.29 is 8.42 Å². The van der Waals surface area contributed by atoms with Crippen LogP contribution in [-0.2, 0) is 16.4 Å². The van der Waals surface area contributed by atoms with Crippen LogP contribution in [0.1, 0.15) is 5.56 Å². The lowest BCUT2D eigenvalue weighted by Gasteiger charge is -2.19. The maximum Gasteiger partial charge on any atom is 0.211 e. The van der Waals surface area contributed by atoms with Gasteiger partial charge in [-0.2, -0.15) is 0 Å². The molecule has 0 unspecified atom stereocenters. The number of rotatable bonds is 8. The first-order valence-corrected chi connectivity index (χ1v) is 9.47. The van der Waals surface area contributed by atoms with Crippen molar-refractivity contribution in [3.8, 4) is 0 Å². The molecule has 0 saturated carbocycles. The van der Waals surface area contributed by atoms with Gasteiger partial charge in [0.2, 0.25) is 10.0 Å². The molecule has 0 fully saturated rings. The van der Waals surface area contributed by atoms with Crippen molar-refractivity contribution in [3.05, 3.63) is 65.2 Å². The van der Waals surface area contributed by atoms with Gasteiger partial charge in [0, 0.05) is 30.8 Å². The number of nitrogens with zero attached hydrogens (tertiary/aromatic N) is 1. The van der Waals surface area contributed by atoms with Gasteiger partial charge in [-0.3, -0.25) is 0 Å². The molecule has 1 N–H and O–H groups in total. The monoisotopic (exact) mass is 352 g/mol. The number of hydrogen-bond donors (Lipinski definition) is 1. The predicted molar refractivity (Wildman–Crippen MR) is 96.7 cm³/mol. The Kier molecular flexibility index (Phi) is 6.45. The molecule has 0 aliphatic heterocycles. The lowest BCUT2D eigenvalue weighted by atomic mass is 10.2. The van der Waals surface area contributed by atoms with Crippen LogP contribution in [0.15, 0.2) is 54.6 Å². The minimum Gasteiger partial charge on any atom is -0.373 e. The van der Waals surface area contributed by atoms with Crippen LogP contribution in [0, 0.1) is 0 Å². The highest BCUT2D eigenvalue weighted by atomic mass is 35.5. The van der Waals surface area contributed by atoms with Crippen molar-refractivity contribution in [2.75, 3.05) is 30.8 Å². The zero-order valence-corrected chi connectivity index (χ0v) is 14.6. The first kappa shape index (κ1) is 17.8. The maximum atomic E-state index is 12.0. The predicted octanol–water partition coefficient (Wildman–Crippen LogP) is 2.94. The smallest absolute Gasteiger partial charge is 0.211 e. The Balaban J connectivity index is 1.77. The Labute approximate surface area is 143 Å². The highest BCUT2D eigenvalue weighted by Crippen LogP contribution is 2.16. The van der Waals surface area contributed by atoms with Crippen LogP contribution >= 0.6 is 11.6 Å². The number of hydrogen-bond acceptors (Lipinski definition) is 3. The molecule has 124 valence electrons. The highest BCUT2D eigenvalue weighted by molar-refractivity contribution is 7.89. The largest absolute Gasteiger partial charge is 0.373 e. The Morgan fingerprint density at radius 2 is 1.70 bits per heavy atom. The molecule has 0 aliphatic carbocycles. The molecule has 0 bridgehead atoms. The molecule has 0 spiro atoms. The number of sulfonamides is 1. The summed E-state index contributed by atoms with van der Waals surface area (Å²) in [5.41, 5.74) is 2.02.